The Kier molecular flexibility index (Phi) is 6.01. The van der Waals surface area contributed by atoms with Crippen molar-refractivity contribution in [3.05, 3.63) is 29.8 Å². The molecule has 0 bridgehead atoms. The summed E-state index contributed by atoms with van der Waals surface area (Å²) in [5.74, 6) is -0.132. The van der Waals surface area contributed by atoms with Crippen molar-refractivity contribution in [2.45, 2.75) is 26.7 Å². The van der Waals surface area contributed by atoms with E-state index in [0.29, 0.717) is 24.3 Å². The maximum atomic E-state index is 11.8. The lowest BCUT2D eigenvalue weighted by Crippen LogP contribution is -2.29. The van der Waals surface area contributed by atoms with Crippen LogP contribution in [0.15, 0.2) is 24.3 Å². The number of hydrogen-bond donors (Lipinski definition) is 1. The van der Waals surface area contributed by atoms with Gasteiger partial charge in [-0.3, -0.25) is 9.10 Å². The van der Waals surface area contributed by atoms with Crippen LogP contribution in [0.1, 0.15) is 37.0 Å². The summed E-state index contributed by atoms with van der Waals surface area (Å²) < 4.78 is 24.5. The highest BCUT2D eigenvalue weighted by Gasteiger charge is 2.15. The van der Waals surface area contributed by atoms with Crippen LogP contribution in [0.3, 0.4) is 0 Å². The first-order valence-electron chi connectivity index (χ1n) is 6.76. The van der Waals surface area contributed by atoms with Gasteiger partial charge in [0, 0.05) is 18.7 Å². The van der Waals surface area contributed by atoms with Gasteiger partial charge < -0.3 is 5.32 Å². The number of carbonyl (C=O) groups is 1. The molecule has 0 unspecified atom stereocenters. The summed E-state index contributed by atoms with van der Waals surface area (Å²) in [5.41, 5.74) is 1.11. The van der Waals surface area contributed by atoms with Gasteiger partial charge in [-0.2, -0.15) is 0 Å². The van der Waals surface area contributed by atoms with Gasteiger partial charge in [-0.05, 0) is 37.6 Å². The van der Waals surface area contributed by atoms with E-state index < -0.39 is 10.0 Å². The molecular formula is C14H22N2O3S. The highest BCUT2D eigenvalue weighted by atomic mass is 32.2. The molecule has 0 spiro atoms. The second-order valence-electron chi connectivity index (χ2n) is 4.58. The summed E-state index contributed by atoms with van der Waals surface area (Å²) in [5, 5.41) is 2.82. The van der Waals surface area contributed by atoms with Crippen LogP contribution >= 0.6 is 0 Å². The van der Waals surface area contributed by atoms with Gasteiger partial charge in [0.15, 0.2) is 0 Å². The number of unbranched alkanes of at least 4 members (excludes halogenated alkanes) is 1. The van der Waals surface area contributed by atoms with Crippen LogP contribution in [-0.2, 0) is 10.0 Å². The minimum absolute atomic E-state index is 0.132. The largest absolute Gasteiger partial charge is 0.352 e. The molecule has 0 radical (unpaired) electrons. The lowest BCUT2D eigenvalue weighted by Gasteiger charge is -2.20. The molecule has 1 aromatic rings. The topological polar surface area (TPSA) is 66.5 Å². The molecule has 1 aromatic carbocycles. The van der Waals surface area contributed by atoms with Crippen LogP contribution in [0.2, 0.25) is 0 Å². The predicted molar refractivity (Wildman–Crippen MR) is 81.5 cm³/mol. The molecular weight excluding hydrogens is 276 g/mol. The van der Waals surface area contributed by atoms with Gasteiger partial charge in [-0.1, -0.05) is 13.3 Å². The van der Waals surface area contributed by atoms with E-state index in [1.165, 1.54) is 10.6 Å². The van der Waals surface area contributed by atoms with Gasteiger partial charge in [-0.15, -0.1) is 0 Å². The van der Waals surface area contributed by atoms with Crippen molar-refractivity contribution in [2.75, 3.05) is 23.7 Å². The van der Waals surface area contributed by atoms with E-state index >= 15 is 0 Å². The number of anilines is 1. The van der Waals surface area contributed by atoms with E-state index in [4.69, 9.17) is 0 Å². The minimum atomic E-state index is -3.29. The van der Waals surface area contributed by atoms with Gasteiger partial charge in [0.05, 0.1) is 11.9 Å². The number of nitrogens with one attached hydrogen (secondary N) is 1. The second-order valence-corrected chi connectivity index (χ2v) is 6.49. The quantitative estimate of drug-likeness (QED) is 0.783. The Hall–Kier alpha value is -1.56. The number of carbonyl (C=O) groups excluding carboxylic acids is 1. The van der Waals surface area contributed by atoms with Crippen LogP contribution < -0.4 is 9.62 Å². The summed E-state index contributed by atoms with van der Waals surface area (Å²) in [6.45, 7) is 4.85. The number of amides is 1. The summed E-state index contributed by atoms with van der Waals surface area (Å²) in [6.07, 6.45) is 3.14. The molecule has 1 amide bonds. The average Bonchev–Trinajstić information content (AvgIpc) is 2.39. The standard InChI is InChI=1S/C14H22N2O3S/c1-4-6-11-15-14(17)12-7-9-13(10-8-12)16(5-2)20(3,18)19/h7-10H,4-6,11H2,1-3H3,(H,15,17). The summed E-state index contributed by atoms with van der Waals surface area (Å²) in [6, 6.07) is 6.59. The number of rotatable bonds is 7. The van der Waals surface area contributed by atoms with Crippen molar-refractivity contribution in [2.24, 2.45) is 0 Å². The SMILES string of the molecule is CCCCNC(=O)c1ccc(N(CC)S(C)(=O)=O)cc1. The molecule has 20 heavy (non-hydrogen) atoms. The Morgan fingerprint density at radius 2 is 1.80 bits per heavy atom. The molecule has 0 saturated carbocycles. The summed E-state index contributed by atoms with van der Waals surface area (Å²) in [4.78, 5) is 11.8. The van der Waals surface area contributed by atoms with Crippen molar-refractivity contribution in [3.8, 4) is 0 Å². The zero-order valence-electron chi connectivity index (χ0n) is 12.2. The zero-order valence-corrected chi connectivity index (χ0v) is 13.0. The van der Waals surface area contributed by atoms with Crippen molar-refractivity contribution < 1.29 is 13.2 Å². The fourth-order valence-electron chi connectivity index (χ4n) is 1.87. The molecule has 6 heteroatoms. The van der Waals surface area contributed by atoms with Gasteiger partial charge >= 0.3 is 0 Å². The fraction of sp³-hybridized carbons (Fsp3) is 0.500. The van der Waals surface area contributed by atoms with Gasteiger partial charge in [0.2, 0.25) is 10.0 Å². The summed E-state index contributed by atoms with van der Waals surface area (Å²) in [7, 11) is -3.29. The monoisotopic (exact) mass is 298 g/mol. The molecule has 0 fully saturated rings. The van der Waals surface area contributed by atoms with Crippen LogP contribution in [0.25, 0.3) is 0 Å². The van der Waals surface area contributed by atoms with E-state index in [9.17, 15) is 13.2 Å². The lowest BCUT2D eigenvalue weighted by atomic mass is 10.2. The van der Waals surface area contributed by atoms with Crippen molar-refractivity contribution in [3.63, 3.8) is 0 Å². The molecule has 0 aromatic heterocycles. The summed E-state index contributed by atoms with van der Waals surface area (Å²) >= 11 is 0. The highest BCUT2D eigenvalue weighted by Crippen LogP contribution is 2.17. The van der Waals surface area contributed by atoms with E-state index in [1.54, 1.807) is 31.2 Å². The molecule has 112 valence electrons. The molecule has 0 saturated heterocycles. The smallest absolute Gasteiger partial charge is 0.251 e. The Morgan fingerprint density at radius 1 is 1.20 bits per heavy atom. The minimum Gasteiger partial charge on any atom is -0.352 e. The number of sulfonamides is 1. The molecule has 0 aliphatic rings. The molecule has 5 nitrogen and oxygen atoms in total. The van der Waals surface area contributed by atoms with Gasteiger partial charge in [0.25, 0.3) is 5.91 Å². The lowest BCUT2D eigenvalue weighted by molar-refractivity contribution is 0.0953. The molecule has 1 rings (SSSR count). The van der Waals surface area contributed by atoms with E-state index in [1.807, 2.05) is 0 Å². The van der Waals surface area contributed by atoms with Crippen molar-refractivity contribution in [1.29, 1.82) is 0 Å². The number of benzene rings is 1. The maximum absolute atomic E-state index is 11.8. The Morgan fingerprint density at radius 3 is 2.25 bits per heavy atom. The van der Waals surface area contributed by atoms with E-state index in [2.05, 4.69) is 12.2 Å². The van der Waals surface area contributed by atoms with Crippen molar-refractivity contribution in [1.82, 2.24) is 5.32 Å². The Labute approximate surface area is 121 Å². The first-order chi connectivity index (χ1) is 9.40. The highest BCUT2D eigenvalue weighted by molar-refractivity contribution is 7.92. The fourth-order valence-corrected chi connectivity index (χ4v) is 2.84. The second kappa shape index (κ2) is 7.28. The third-order valence-corrected chi connectivity index (χ3v) is 4.19. The van der Waals surface area contributed by atoms with Crippen LogP contribution in [0.5, 0.6) is 0 Å². The zero-order chi connectivity index (χ0) is 15.2. The molecule has 0 heterocycles. The van der Waals surface area contributed by atoms with Gasteiger partial charge in [0.1, 0.15) is 0 Å². The molecule has 0 aliphatic carbocycles. The van der Waals surface area contributed by atoms with Crippen molar-refractivity contribution >= 4 is 21.6 Å². The predicted octanol–water partition coefficient (Wildman–Crippen LogP) is 2.00. The van der Waals surface area contributed by atoms with Gasteiger partial charge in [-0.25, -0.2) is 8.42 Å². The van der Waals surface area contributed by atoms with Crippen LogP contribution in [0.4, 0.5) is 5.69 Å². The number of hydrogen-bond acceptors (Lipinski definition) is 3. The van der Waals surface area contributed by atoms with E-state index in [-0.39, 0.29) is 5.91 Å². The third-order valence-electron chi connectivity index (χ3n) is 2.92. The number of nitrogens with zero attached hydrogens (tertiary/aromatic N) is 1. The first kappa shape index (κ1) is 16.5. The maximum Gasteiger partial charge on any atom is 0.251 e. The molecule has 0 atom stereocenters. The Bertz CT molecular complexity index is 538. The molecule has 1 N–H and O–H groups in total. The first-order valence-corrected chi connectivity index (χ1v) is 8.61. The van der Waals surface area contributed by atoms with Crippen LogP contribution in [-0.4, -0.2) is 33.7 Å². The third kappa shape index (κ3) is 4.52. The average molecular weight is 298 g/mol. The Balaban J connectivity index is 2.80. The normalized spacial score (nSPS) is 11.2. The molecule has 0 aliphatic heterocycles. The van der Waals surface area contributed by atoms with Crippen LogP contribution in [0, 0.1) is 0 Å². The van der Waals surface area contributed by atoms with E-state index in [0.717, 1.165) is 12.8 Å².